The fourth-order valence-electron chi connectivity index (χ4n) is 2.37. The number of carboxylic acids is 1. The van der Waals surface area contributed by atoms with E-state index < -0.39 is 5.97 Å². The molecule has 1 fully saturated rings. The standard InChI is InChI=1S/C12H24N2O2/c1-4-5-6-14-9-11(7-12(15)16)13(3)8-10(14)2/h10-11H,4-9H2,1-3H3,(H,15,16). The second-order valence-corrected chi connectivity index (χ2v) is 4.89. The summed E-state index contributed by atoms with van der Waals surface area (Å²) in [6.45, 7) is 7.38. The van der Waals surface area contributed by atoms with Crippen LogP contribution in [0, 0.1) is 0 Å². The number of hydrogen-bond acceptors (Lipinski definition) is 3. The Morgan fingerprint density at radius 3 is 2.69 bits per heavy atom. The Bertz CT molecular complexity index is 233. The molecule has 4 nitrogen and oxygen atoms in total. The third kappa shape index (κ3) is 3.76. The zero-order valence-electron chi connectivity index (χ0n) is 10.6. The lowest BCUT2D eigenvalue weighted by Gasteiger charge is -2.43. The molecule has 16 heavy (non-hydrogen) atoms. The molecule has 0 saturated carbocycles. The number of aliphatic carboxylic acids is 1. The van der Waals surface area contributed by atoms with Gasteiger partial charge in [-0.25, -0.2) is 0 Å². The molecule has 94 valence electrons. The number of unbranched alkanes of at least 4 members (excludes halogenated alkanes) is 1. The molecule has 0 bridgehead atoms. The lowest BCUT2D eigenvalue weighted by Crippen LogP contribution is -2.56. The van der Waals surface area contributed by atoms with E-state index in [0.717, 1.165) is 19.6 Å². The molecule has 1 N–H and O–H groups in total. The van der Waals surface area contributed by atoms with Gasteiger partial charge in [0.15, 0.2) is 0 Å². The maximum Gasteiger partial charge on any atom is 0.304 e. The van der Waals surface area contributed by atoms with Gasteiger partial charge in [-0.2, -0.15) is 0 Å². The van der Waals surface area contributed by atoms with Gasteiger partial charge in [-0.1, -0.05) is 13.3 Å². The van der Waals surface area contributed by atoms with Crippen LogP contribution in [0.25, 0.3) is 0 Å². The van der Waals surface area contributed by atoms with Crippen LogP contribution in [-0.4, -0.2) is 59.6 Å². The molecular formula is C12H24N2O2. The molecular weight excluding hydrogens is 204 g/mol. The summed E-state index contributed by atoms with van der Waals surface area (Å²) >= 11 is 0. The van der Waals surface area contributed by atoms with Crippen molar-refractivity contribution in [2.45, 2.75) is 45.2 Å². The van der Waals surface area contributed by atoms with Crippen molar-refractivity contribution in [2.75, 3.05) is 26.7 Å². The molecule has 2 atom stereocenters. The van der Waals surface area contributed by atoms with Crippen molar-refractivity contribution in [2.24, 2.45) is 0 Å². The Morgan fingerprint density at radius 2 is 2.12 bits per heavy atom. The first-order valence-corrected chi connectivity index (χ1v) is 6.20. The van der Waals surface area contributed by atoms with Crippen molar-refractivity contribution >= 4 is 5.97 Å². The van der Waals surface area contributed by atoms with E-state index in [4.69, 9.17) is 5.11 Å². The minimum absolute atomic E-state index is 0.172. The quantitative estimate of drug-likeness (QED) is 0.769. The Balaban J connectivity index is 2.50. The van der Waals surface area contributed by atoms with E-state index in [1.54, 1.807) is 0 Å². The molecule has 0 amide bonds. The maximum atomic E-state index is 10.8. The Kier molecular flexibility index (Phi) is 5.22. The average molecular weight is 228 g/mol. The van der Waals surface area contributed by atoms with Crippen LogP contribution in [0.5, 0.6) is 0 Å². The first-order chi connectivity index (χ1) is 7.54. The molecule has 0 aromatic carbocycles. The van der Waals surface area contributed by atoms with Gasteiger partial charge >= 0.3 is 5.97 Å². The molecule has 0 aromatic heterocycles. The van der Waals surface area contributed by atoms with E-state index in [2.05, 4.69) is 23.6 Å². The van der Waals surface area contributed by atoms with Crippen molar-refractivity contribution in [1.82, 2.24) is 9.80 Å². The van der Waals surface area contributed by atoms with Crippen LogP contribution >= 0.6 is 0 Å². The van der Waals surface area contributed by atoms with Gasteiger partial charge in [0.2, 0.25) is 0 Å². The average Bonchev–Trinajstić information content (AvgIpc) is 2.20. The summed E-state index contributed by atoms with van der Waals surface area (Å²) in [5.74, 6) is -0.693. The summed E-state index contributed by atoms with van der Waals surface area (Å²) < 4.78 is 0. The molecule has 1 saturated heterocycles. The summed E-state index contributed by atoms with van der Waals surface area (Å²) in [5.41, 5.74) is 0. The normalized spacial score (nSPS) is 28.2. The number of nitrogens with zero attached hydrogens (tertiary/aromatic N) is 2. The van der Waals surface area contributed by atoms with E-state index in [1.165, 1.54) is 12.8 Å². The lowest BCUT2D eigenvalue weighted by molar-refractivity contribution is -0.139. The Morgan fingerprint density at radius 1 is 1.44 bits per heavy atom. The zero-order valence-corrected chi connectivity index (χ0v) is 10.6. The molecule has 1 aliphatic heterocycles. The van der Waals surface area contributed by atoms with Crippen molar-refractivity contribution in [3.8, 4) is 0 Å². The maximum absolute atomic E-state index is 10.8. The van der Waals surface area contributed by atoms with Gasteiger partial charge in [0, 0.05) is 25.2 Å². The fraction of sp³-hybridized carbons (Fsp3) is 0.917. The van der Waals surface area contributed by atoms with E-state index in [1.807, 2.05) is 7.05 Å². The molecule has 0 aromatic rings. The topological polar surface area (TPSA) is 43.8 Å². The third-order valence-corrected chi connectivity index (χ3v) is 3.45. The molecule has 0 aliphatic carbocycles. The van der Waals surface area contributed by atoms with Gasteiger partial charge in [0.1, 0.15) is 0 Å². The van der Waals surface area contributed by atoms with Crippen molar-refractivity contribution in [3.63, 3.8) is 0 Å². The Hall–Kier alpha value is -0.610. The van der Waals surface area contributed by atoms with Gasteiger partial charge in [-0.15, -0.1) is 0 Å². The zero-order chi connectivity index (χ0) is 12.1. The van der Waals surface area contributed by atoms with Crippen molar-refractivity contribution in [1.29, 1.82) is 0 Å². The van der Waals surface area contributed by atoms with Crippen LogP contribution in [0.15, 0.2) is 0 Å². The number of carbonyl (C=O) groups is 1. The van der Waals surface area contributed by atoms with Crippen molar-refractivity contribution < 1.29 is 9.90 Å². The number of likely N-dealkylation sites (N-methyl/N-ethyl adjacent to an activating group) is 1. The lowest BCUT2D eigenvalue weighted by atomic mass is 10.0. The highest BCUT2D eigenvalue weighted by Gasteiger charge is 2.29. The SMILES string of the molecule is CCCCN1CC(CC(=O)O)N(C)CC1C. The van der Waals surface area contributed by atoms with Gasteiger partial charge in [-0.3, -0.25) is 9.69 Å². The molecule has 1 aliphatic rings. The second kappa shape index (κ2) is 6.21. The highest BCUT2D eigenvalue weighted by molar-refractivity contribution is 5.67. The number of piperazine rings is 1. The first kappa shape index (κ1) is 13.5. The number of rotatable bonds is 5. The largest absolute Gasteiger partial charge is 0.481 e. The third-order valence-electron chi connectivity index (χ3n) is 3.45. The van der Waals surface area contributed by atoms with E-state index >= 15 is 0 Å². The molecule has 2 unspecified atom stereocenters. The molecule has 0 radical (unpaired) electrons. The number of hydrogen-bond donors (Lipinski definition) is 1. The fourth-order valence-corrected chi connectivity index (χ4v) is 2.37. The summed E-state index contributed by atoms with van der Waals surface area (Å²) in [6.07, 6.45) is 2.66. The monoisotopic (exact) mass is 228 g/mol. The van der Waals surface area contributed by atoms with Gasteiger partial charge in [-0.05, 0) is 26.9 Å². The molecule has 1 rings (SSSR count). The summed E-state index contributed by atoms with van der Waals surface area (Å²) in [6, 6.07) is 0.715. The van der Waals surface area contributed by atoms with E-state index in [0.29, 0.717) is 6.04 Å². The smallest absolute Gasteiger partial charge is 0.304 e. The van der Waals surface area contributed by atoms with Crippen LogP contribution in [0.1, 0.15) is 33.1 Å². The van der Waals surface area contributed by atoms with Gasteiger partial charge in [0.05, 0.1) is 6.42 Å². The van der Waals surface area contributed by atoms with Crippen LogP contribution in [0.2, 0.25) is 0 Å². The van der Waals surface area contributed by atoms with Crippen LogP contribution in [-0.2, 0) is 4.79 Å². The predicted octanol–water partition coefficient (Wildman–Crippen LogP) is 1.27. The van der Waals surface area contributed by atoms with E-state index in [-0.39, 0.29) is 12.5 Å². The highest BCUT2D eigenvalue weighted by atomic mass is 16.4. The van der Waals surface area contributed by atoms with Gasteiger partial charge in [0.25, 0.3) is 0 Å². The predicted molar refractivity (Wildman–Crippen MR) is 64.6 cm³/mol. The van der Waals surface area contributed by atoms with Crippen molar-refractivity contribution in [3.05, 3.63) is 0 Å². The van der Waals surface area contributed by atoms with Crippen LogP contribution in [0.3, 0.4) is 0 Å². The highest BCUT2D eigenvalue weighted by Crippen LogP contribution is 2.16. The van der Waals surface area contributed by atoms with Crippen LogP contribution in [0.4, 0.5) is 0 Å². The summed E-state index contributed by atoms with van der Waals surface area (Å²) in [5, 5.41) is 8.87. The number of carboxylic acid groups (broad SMARTS) is 1. The molecule has 0 spiro atoms. The summed E-state index contributed by atoms with van der Waals surface area (Å²) in [4.78, 5) is 15.4. The van der Waals surface area contributed by atoms with Crippen LogP contribution < -0.4 is 0 Å². The molecule has 1 heterocycles. The first-order valence-electron chi connectivity index (χ1n) is 6.20. The molecule has 4 heteroatoms. The summed E-state index contributed by atoms with van der Waals surface area (Å²) in [7, 11) is 2.03. The Labute approximate surface area is 98.2 Å². The van der Waals surface area contributed by atoms with Gasteiger partial charge < -0.3 is 10.0 Å². The second-order valence-electron chi connectivity index (χ2n) is 4.89. The minimum atomic E-state index is -0.693. The van der Waals surface area contributed by atoms with E-state index in [9.17, 15) is 4.79 Å². The minimum Gasteiger partial charge on any atom is -0.481 e.